The maximum absolute atomic E-state index is 11.3. The molecule has 0 aliphatic heterocycles. The topological polar surface area (TPSA) is 49.8 Å². The van der Waals surface area contributed by atoms with E-state index in [1.807, 2.05) is 38.9 Å². The van der Waals surface area contributed by atoms with Gasteiger partial charge in [-0.15, -0.1) is 0 Å². The molecule has 0 aliphatic rings. The summed E-state index contributed by atoms with van der Waals surface area (Å²) in [7, 11) is 5.40. The average Bonchev–Trinajstić information content (AvgIpc) is 2.30. The minimum atomic E-state index is -0.805. The standard InChI is InChI=1S/C15H23NO3/c1-9-7-10(2)13(12(8-9)19-6)14(16(4)5)11(3)15(17)18/h7-8,11,14H,1-6H3,(H,17,18). The molecule has 4 nitrogen and oxygen atoms in total. The van der Waals surface area contributed by atoms with Gasteiger partial charge in [-0.1, -0.05) is 13.0 Å². The Morgan fingerprint density at radius 3 is 2.32 bits per heavy atom. The van der Waals surface area contributed by atoms with Gasteiger partial charge in [-0.3, -0.25) is 4.79 Å². The van der Waals surface area contributed by atoms with Crippen LogP contribution in [0.15, 0.2) is 12.1 Å². The fourth-order valence-corrected chi connectivity index (χ4v) is 2.58. The summed E-state index contributed by atoms with van der Waals surface area (Å²) in [5, 5.41) is 9.30. The van der Waals surface area contributed by atoms with Crippen LogP contribution in [0.5, 0.6) is 5.75 Å². The summed E-state index contributed by atoms with van der Waals surface area (Å²) in [6.07, 6.45) is 0. The van der Waals surface area contributed by atoms with Gasteiger partial charge in [-0.05, 0) is 45.1 Å². The van der Waals surface area contributed by atoms with E-state index in [0.29, 0.717) is 0 Å². The van der Waals surface area contributed by atoms with E-state index < -0.39 is 11.9 Å². The summed E-state index contributed by atoms with van der Waals surface area (Å²) in [4.78, 5) is 13.3. The first kappa shape index (κ1) is 15.5. The van der Waals surface area contributed by atoms with Gasteiger partial charge in [0.25, 0.3) is 0 Å². The van der Waals surface area contributed by atoms with Crippen molar-refractivity contribution >= 4 is 5.97 Å². The van der Waals surface area contributed by atoms with Crippen LogP contribution in [0.3, 0.4) is 0 Å². The molecular weight excluding hydrogens is 242 g/mol. The molecule has 0 amide bonds. The summed E-state index contributed by atoms with van der Waals surface area (Å²) in [6, 6.07) is 3.80. The number of aryl methyl sites for hydroxylation is 2. The van der Waals surface area contributed by atoms with Gasteiger partial charge >= 0.3 is 5.97 Å². The van der Waals surface area contributed by atoms with Crippen LogP contribution in [-0.4, -0.2) is 37.2 Å². The molecule has 0 saturated heterocycles. The molecule has 0 aromatic heterocycles. The van der Waals surface area contributed by atoms with E-state index in [1.165, 1.54) is 0 Å². The molecule has 0 saturated carbocycles. The number of hydrogen-bond acceptors (Lipinski definition) is 3. The maximum atomic E-state index is 11.3. The summed E-state index contributed by atoms with van der Waals surface area (Å²) in [5.74, 6) is -0.560. The Morgan fingerprint density at radius 1 is 1.32 bits per heavy atom. The van der Waals surface area contributed by atoms with Crippen molar-refractivity contribution in [2.24, 2.45) is 5.92 Å². The quantitative estimate of drug-likeness (QED) is 0.889. The highest BCUT2D eigenvalue weighted by Gasteiger charge is 2.30. The SMILES string of the molecule is COc1cc(C)cc(C)c1C(C(C)C(=O)O)N(C)C. The average molecular weight is 265 g/mol. The third-order valence-corrected chi connectivity index (χ3v) is 3.43. The van der Waals surface area contributed by atoms with Gasteiger partial charge in [0.15, 0.2) is 0 Å². The third-order valence-electron chi connectivity index (χ3n) is 3.43. The predicted octanol–water partition coefficient (Wildman–Crippen LogP) is 2.64. The first-order valence-electron chi connectivity index (χ1n) is 6.34. The number of carboxylic acid groups (broad SMARTS) is 1. The lowest BCUT2D eigenvalue weighted by Gasteiger charge is -2.31. The van der Waals surface area contributed by atoms with Crippen molar-refractivity contribution in [2.75, 3.05) is 21.2 Å². The van der Waals surface area contributed by atoms with Crippen molar-refractivity contribution in [1.82, 2.24) is 4.90 Å². The lowest BCUT2D eigenvalue weighted by Crippen LogP contribution is -2.31. The third kappa shape index (κ3) is 3.26. The molecule has 2 atom stereocenters. The van der Waals surface area contributed by atoms with Gasteiger partial charge in [0.2, 0.25) is 0 Å². The molecule has 2 unspecified atom stereocenters. The van der Waals surface area contributed by atoms with Gasteiger partial charge in [-0.25, -0.2) is 0 Å². The minimum absolute atomic E-state index is 0.215. The molecule has 1 aromatic rings. The molecule has 106 valence electrons. The number of carbonyl (C=O) groups is 1. The van der Waals surface area contributed by atoms with Gasteiger partial charge in [-0.2, -0.15) is 0 Å². The zero-order valence-electron chi connectivity index (χ0n) is 12.5. The Bertz CT molecular complexity index is 469. The number of ether oxygens (including phenoxy) is 1. The molecule has 1 N–H and O–H groups in total. The second-order valence-electron chi connectivity index (χ2n) is 5.23. The van der Waals surface area contributed by atoms with Gasteiger partial charge in [0.05, 0.1) is 19.1 Å². The Balaban J connectivity index is 3.42. The van der Waals surface area contributed by atoms with E-state index in [2.05, 4.69) is 6.07 Å². The van der Waals surface area contributed by atoms with Crippen LogP contribution in [0.2, 0.25) is 0 Å². The van der Waals surface area contributed by atoms with E-state index in [9.17, 15) is 9.90 Å². The Hall–Kier alpha value is -1.55. The zero-order valence-corrected chi connectivity index (χ0v) is 12.5. The number of methoxy groups -OCH3 is 1. The summed E-state index contributed by atoms with van der Waals surface area (Å²) < 4.78 is 5.45. The van der Waals surface area contributed by atoms with Crippen molar-refractivity contribution in [3.05, 3.63) is 28.8 Å². The summed E-state index contributed by atoms with van der Waals surface area (Å²) >= 11 is 0. The molecule has 1 rings (SSSR count). The van der Waals surface area contributed by atoms with Crippen LogP contribution in [0.1, 0.15) is 29.7 Å². The van der Waals surface area contributed by atoms with Gasteiger partial charge in [0.1, 0.15) is 5.75 Å². The molecule has 0 bridgehead atoms. The van der Waals surface area contributed by atoms with Gasteiger partial charge in [0, 0.05) is 5.56 Å². The largest absolute Gasteiger partial charge is 0.496 e. The van der Waals surface area contributed by atoms with Crippen molar-refractivity contribution in [3.8, 4) is 5.75 Å². The lowest BCUT2D eigenvalue weighted by atomic mass is 9.89. The van der Waals surface area contributed by atoms with Crippen molar-refractivity contribution in [1.29, 1.82) is 0 Å². The highest BCUT2D eigenvalue weighted by molar-refractivity contribution is 5.71. The second-order valence-corrected chi connectivity index (χ2v) is 5.23. The van der Waals surface area contributed by atoms with Crippen LogP contribution in [-0.2, 0) is 4.79 Å². The monoisotopic (exact) mass is 265 g/mol. The fraction of sp³-hybridized carbons (Fsp3) is 0.533. The Morgan fingerprint density at radius 2 is 1.89 bits per heavy atom. The number of hydrogen-bond donors (Lipinski definition) is 1. The molecule has 4 heteroatoms. The smallest absolute Gasteiger partial charge is 0.308 e. The summed E-state index contributed by atoms with van der Waals surface area (Å²) in [5.41, 5.74) is 3.12. The molecule has 19 heavy (non-hydrogen) atoms. The van der Waals surface area contributed by atoms with E-state index in [-0.39, 0.29) is 6.04 Å². The Labute approximate surface area is 115 Å². The molecule has 1 aromatic carbocycles. The van der Waals surface area contributed by atoms with Crippen molar-refractivity contribution in [3.63, 3.8) is 0 Å². The number of nitrogens with zero attached hydrogens (tertiary/aromatic N) is 1. The highest BCUT2D eigenvalue weighted by Crippen LogP contribution is 2.36. The van der Waals surface area contributed by atoms with Crippen molar-refractivity contribution in [2.45, 2.75) is 26.8 Å². The molecule has 0 aliphatic carbocycles. The first-order valence-corrected chi connectivity index (χ1v) is 6.34. The summed E-state index contributed by atoms with van der Waals surface area (Å²) in [6.45, 7) is 5.73. The van der Waals surface area contributed by atoms with Crippen LogP contribution in [0.4, 0.5) is 0 Å². The molecular formula is C15H23NO3. The minimum Gasteiger partial charge on any atom is -0.496 e. The van der Waals surface area contributed by atoms with Crippen molar-refractivity contribution < 1.29 is 14.6 Å². The zero-order chi connectivity index (χ0) is 14.7. The van der Waals surface area contributed by atoms with E-state index >= 15 is 0 Å². The van der Waals surface area contributed by atoms with Crippen LogP contribution in [0, 0.1) is 19.8 Å². The first-order chi connectivity index (χ1) is 8.79. The number of rotatable bonds is 5. The maximum Gasteiger partial charge on any atom is 0.308 e. The second kappa shape index (κ2) is 6.06. The van der Waals surface area contributed by atoms with Crippen LogP contribution >= 0.6 is 0 Å². The van der Waals surface area contributed by atoms with Gasteiger partial charge < -0.3 is 14.7 Å². The lowest BCUT2D eigenvalue weighted by molar-refractivity contribution is -0.143. The fourth-order valence-electron chi connectivity index (χ4n) is 2.58. The predicted molar refractivity (Wildman–Crippen MR) is 75.7 cm³/mol. The number of benzene rings is 1. The van der Waals surface area contributed by atoms with E-state index in [1.54, 1.807) is 14.0 Å². The molecule has 0 fully saturated rings. The highest BCUT2D eigenvalue weighted by atomic mass is 16.5. The number of carboxylic acids is 1. The van der Waals surface area contributed by atoms with E-state index in [0.717, 1.165) is 22.4 Å². The normalized spacial score (nSPS) is 14.3. The molecule has 0 heterocycles. The number of aliphatic carboxylic acids is 1. The van der Waals surface area contributed by atoms with Crippen LogP contribution < -0.4 is 4.74 Å². The van der Waals surface area contributed by atoms with E-state index in [4.69, 9.17) is 4.74 Å². The molecule has 0 radical (unpaired) electrons. The van der Waals surface area contributed by atoms with Crippen LogP contribution in [0.25, 0.3) is 0 Å². The Kier molecular flexibility index (Phi) is 4.95. The molecule has 0 spiro atoms.